The molecule has 0 saturated heterocycles. The number of rotatable bonds is 6. The topological polar surface area (TPSA) is 51.2 Å². The summed E-state index contributed by atoms with van der Waals surface area (Å²) in [6.45, 7) is 3.22. The normalized spacial score (nSPS) is 13.8. The average molecular weight is 352 g/mol. The molecule has 25 heavy (non-hydrogen) atoms. The van der Waals surface area contributed by atoms with Gasteiger partial charge in [0.1, 0.15) is 0 Å². The van der Waals surface area contributed by atoms with Crippen LogP contribution in [0.25, 0.3) is 10.1 Å². The van der Waals surface area contributed by atoms with Gasteiger partial charge in [0.2, 0.25) is 5.88 Å². The second-order valence-corrected chi connectivity index (χ2v) is 7.55. The van der Waals surface area contributed by atoms with Crippen LogP contribution in [0.1, 0.15) is 33.6 Å². The van der Waals surface area contributed by atoms with Crippen molar-refractivity contribution in [2.45, 2.75) is 26.3 Å². The van der Waals surface area contributed by atoms with Gasteiger partial charge in [0.25, 0.3) is 5.91 Å². The maximum absolute atomic E-state index is 12.5. The van der Waals surface area contributed by atoms with Gasteiger partial charge < -0.3 is 10.1 Å². The number of ether oxygens (including phenoxy) is 1. The molecular weight excluding hydrogens is 332 g/mol. The lowest BCUT2D eigenvalue weighted by molar-refractivity contribution is 0.0954. The number of pyridine rings is 1. The van der Waals surface area contributed by atoms with Gasteiger partial charge in [0.05, 0.1) is 11.5 Å². The monoisotopic (exact) mass is 352 g/mol. The third-order valence-electron chi connectivity index (χ3n) is 4.46. The van der Waals surface area contributed by atoms with Crippen molar-refractivity contribution in [2.24, 2.45) is 5.92 Å². The molecule has 5 heteroatoms. The maximum Gasteiger partial charge on any atom is 0.261 e. The molecule has 2 aromatic heterocycles. The largest absolute Gasteiger partial charge is 0.477 e. The quantitative estimate of drug-likeness (QED) is 0.719. The minimum absolute atomic E-state index is 0.0345. The van der Waals surface area contributed by atoms with Crippen molar-refractivity contribution in [3.63, 3.8) is 0 Å². The van der Waals surface area contributed by atoms with Crippen molar-refractivity contribution in [2.75, 3.05) is 6.61 Å². The van der Waals surface area contributed by atoms with E-state index in [0.717, 1.165) is 32.7 Å². The lowest BCUT2D eigenvalue weighted by Crippen LogP contribution is -2.22. The number of nitrogens with one attached hydrogen (secondary N) is 1. The van der Waals surface area contributed by atoms with Gasteiger partial charge in [-0.25, -0.2) is 4.98 Å². The molecule has 2 heterocycles. The SMILES string of the molecule is Cc1c(C(=O)NCc2ccc(OCC3CC3)nc2)sc2ccccc12. The van der Waals surface area contributed by atoms with Crippen LogP contribution in [-0.4, -0.2) is 17.5 Å². The van der Waals surface area contributed by atoms with Crippen molar-refractivity contribution >= 4 is 27.3 Å². The Hall–Kier alpha value is -2.40. The highest BCUT2D eigenvalue weighted by atomic mass is 32.1. The van der Waals surface area contributed by atoms with E-state index in [4.69, 9.17) is 4.74 Å². The molecule has 0 atom stereocenters. The number of fused-ring (bicyclic) bond motifs is 1. The molecule has 0 radical (unpaired) electrons. The Labute approximate surface area is 150 Å². The van der Waals surface area contributed by atoms with Crippen LogP contribution < -0.4 is 10.1 Å². The number of amides is 1. The lowest BCUT2D eigenvalue weighted by atomic mass is 10.1. The second-order valence-electron chi connectivity index (χ2n) is 6.49. The fraction of sp³-hybridized carbons (Fsp3) is 0.300. The number of benzene rings is 1. The number of carbonyl (C=O) groups is 1. The molecule has 4 rings (SSSR count). The van der Waals surface area contributed by atoms with Crippen LogP contribution in [0.2, 0.25) is 0 Å². The first-order valence-electron chi connectivity index (χ1n) is 8.55. The second kappa shape index (κ2) is 6.84. The van der Waals surface area contributed by atoms with Crippen LogP contribution in [0.5, 0.6) is 5.88 Å². The number of aromatic nitrogens is 1. The minimum Gasteiger partial charge on any atom is -0.477 e. The molecule has 1 N–H and O–H groups in total. The van der Waals surface area contributed by atoms with Crippen molar-refractivity contribution in [1.82, 2.24) is 10.3 Å². The zero-order valence-corrected chi connectivity index (χ0v) is 14.9. The third kappa shape index (κ3) is 3.66. The average Bonchev–Trinajstić information content (AvgIpc) is 3.42. The molecule has 1 aliphatic rings. The predicted molar refractivity (Wildman–Crippen MR) is 100 cm³/mol. The van der Waals surface area contributed by atoms with Gasteiger partial charge in [-0.15, -0.1) is 11.3 Å². The highest BCUT2D eigenvalue weighted by Crippen LogP contribution is 2.30. The number of carbonyl (C=O) groups excluding carboxylic acids is 1. The van der Waals surface area contributed by atoms with Crippen LogP contribution in [0.4, 0.5) is 0 Å². The van der Waals surface area contributed by atoms with Crippen molar-refractivity contribution < 1.29 is 9.53 Å². The summed E-state index contributed by atoms with van der Waals surface area (Å²) in [7, 11) is 0. The summed E-state index contributed by atoms with van der Waals surface area (Å²) in [5.41, 5.74) is 2.01. The zero-order chi connectivity index (χ0) is 17.2. The van der Waals surface area contributed by atoms with Gasteiger partial charge in [-0.1, -0.05) is 24.3 Å². The molecule has 3 aromatic rings. The summed E-state index contributed by atoms with van der Waals surface area (Å²) < 4.78 is 6.78. The zero-order valence-electron chi connectivity index (χ0n) is 14.1. The van der Waals surface area contributed by atoms with E-state index in [-0.39, 0.29) is 5.91 Å². The van der Waals surface area contributed by atoms with E-state index in [1.807, 2.05) is 37.3 Å². The van der Waals surface area contributed by atoms with E-state index >= 15 is 0 Å². The third-order valence-corrected chi connectivity index (χ3v) is 5.74. The van der Waals surface area contributed by atoms with E-state index < -0.39 is 0 Å². The van der Waals surface area contributed by atoms with Crippen LogP contribution in [0.15, 0.2) is 42.6 Å². The molecule has 1 saturated carbocycles. The molecule has 128 valence electrons. The predicted octanol–water partition coefficient (Wildman–Crippen LogP) is 4.32. The highest BCUT2D eigenvalue weighted by Gasteiger charge is 2.22. The van der Waals surface area contributed by atoms with Crippen molar-refractivity contribution in [3.8, 4) is 5.88 Å². The van der Waals surface area contributed by atoms with E-state index in [0.29, 0.717) is 18.3 Å². The van der Waals surface area contributed by atoms with Crippen molar-refractivity contribution in [3.05, 3.63) is 58.6 Å². The maximum atomic E-state index is 12.5. The molecule has 4 nitrogen and oxygen atoms in total. The first-order valence-corrected chi connectivity index (χ1v) is 9.36. The molecule has 0 unspecified atom stereocenters. The summed E-state index contributed by atoms with van der Waals surface area (Å²) in [6.07, 6.45) is 4.29. The standard InChI is InChI=1S/C20H20N2O2S/c1-13-16-4-2-3-5-17(16)25-19(13)20(23)22-11-15-8-9-18(21-10-15)24-12-14-6-7-14/h2-5,8-10,14H,6-7,11-12H2,1H3,(H,22,23). The van der Waals surface area contributed by atoms with Crippen LogP contribution >= 0.6 is 11.3 Å². The summed E-state index contributed by atoms with van der Waals surface area (Å²) >= 11 is 1.54. The molecule has 1 fully saturated rings. The Bertz CT molecular complexity index is 898. The van der Waals surface area contributed by atoms with Gasteiger partial charge in [-0.2, -0.15) is 0 Å². The summed E-state index contributed by atoms with van der Waals surface area (Å²) in [6, 6.07) is 11.9. The first kappa shape index (κ1) is 16.1. The van der Waals surface area contributed by atoms with Gasteiger partial charge in [-0.3, -0.25) is 4.79 Å². The Morgan fingerprint density at radius 3 is 2.84 bits per heavy atom. The van der Waals surface area contributed by atoms with Gasteiger partial charge in [0, 0.05) is 23.5 Å². The molecule has 0 aliphatic heterocycles. The number of hydrogen-bond acceptors (Lipinski definition) is 4. The summed E-state index contributed by atoms with van der Waals surface area (Å²) in [5.74, 6) is 1.33. The Balaban J connectivity index is 1.38. The number of thiophene rings is 1. The van der Waals surface area contributed by atoms with Crippen LogP contribution in [0, 0.1) is 12.8 Å². The van der Waals surface area contributed by atoms with Crippen LogP contribution in [-0.2, 0) is 6.54 Å². The van der Waals surface area contributed by atoms with Crippen molar-refractivity contribution in [1.29, 1.82) is 0 Å². The smallest absolute Gasteiger partial charge is 0.261 e. The highest BCUT2D eigenvalue weighted by molar-refractivity contribution is 7.21. The van der Waals surface area contributed by atoms with E-state index in [9.17, 15) is 4.79 Å². The van der Waals surface area contributed by atoms with Gasteiger partial charge >= 0.3 is 0 Å². The van der Waals surface area contributed by atoms with Gasteiger partial charge in [-0.05, 0) is 48.3 Å². The molecule has 0 bridgehead atoms. The fourth-order valence-corrected chi connectivity index (χ4v) is 3.87. The molecule has 1 aliphatic carbocycles. The summed E-state index contributed by atoms with van der Waals surface area (Å²) in [4.78, 5) is 17.6. The van der Waals surface area contributed by atoms with E-state index in [2.05, 4.69) is 16.4 Å². The lowest BCUT2D eigenvalue weighted by Gasteiger charge is -2.07. The van der Waals surface area contributed by atoms with Gasteiger partial charge in [0.15, 0.2) is 0 Å². The Morgan fingerprint density at radius 2 is 2.12 bits per heavy atom. The Kier molecular flexibility index (Phi) is 4.40. The van der Waals surface area contributed by atoms with E-state index in [1.54, 1.807) is 6.20 Å². The fourth-order valence-electron chi connectivity index (χ4n) is 2.74. The van der Waals surface area contributed by atoms with Crippen LogP contribution in [0.3, 0.4) is 0 Å². The molecule has 0 spiro atoms. The summed E-state index contributed by atoms with van der Waals surface area (Å²) in [5, 5.41) is 4.14. The number of hydrogen-bond donors (Lipinski definition) is 1. The minimum atomic E-state index is -0.0345. The first-order chi connectivity index (χ1) is 12.2. The number of aryl methyl sites for hydroxylation is 1. The molecule has 1 aromatic carbocycles. The molecule has 1 amide bonds. The molecular formula is C20H20N2O2S. The van der Waals surface area contributed by atoms with E-state index in [1.165, 1.54) is 24.2 Å². The number of nitrogens with zero attached hydrogens (tertiary/aromatic N) is 1. The Morgan fingerprint density at radius 1 is 1.28 bits per heavy atom.